The zero-order valence-electron chi connectivity index (χ0n) is 17.6. The van der Waals surface area contributed by atoms with Gasteiger partial charge in [0, 0.05) is 13.5 Å². The monoisotopic (exact) mass is 436 g/mol. The van der Waals surface area contributed by atoms with Crippen LogP contribution >= 0.6 is 0 Å². The summed E-state index contributed by atoms with van der Waals surface area (Å²) >= 11 is 0. The van der Waals surface area contributed by atoms with Crippen LogP contribution in [0.25, 0.3) is 0 Å². The van der Waals surface area contributed by atoms with Crippen molar-refractivity contribution in [3.63, 3.8) is 0 Å². The summed E-state index contributed by atoms with van der Waals surface area (Å²) in [6.07, 6.45) is 1.59. The van der Waals surface area contributed by atoms with Crippen molar-refractivity contribution in [3.8, 4) is 0 Å². The van der Waals surface area contributed by atoms with E-state index in [-0.39, 0.29) is 11.3 Å². The molecule has 1 saturated carbocycles. The fraction of sp³-hybridized carbons (Fsp3) is 0.500. The van der Waals surface area contributed by atoms with Crippen molar-refractivity contribution in [1.29, 1.82) is 0 Å². The largest absolute Gasteiger partial charge is 0.416 e. The highest BCUT2D eigenvalue weighted by Crippen LogP contribution is 2.33. The minimum atomic E-state index is -4.42. The Hall–Kier alpha value is -2.68. The van der Waals surface area contributed by atoms with E-state index in [0.717, 1.165) is 31.4 Å². The van der Waals surface area contributed by atoms with Crippen molar-refractivity contribution in [2.45, 2.75) is 57.9 Å². The van der Waals surface area contributed by atoms with Gasteiger partial charge in [-0.25, -0.2) is 4.68 Å². The lowest BCUT2D eigenvalue weighted by molar-refractivity contribution is -0.137. The lowest BCUT2D eigenvalue weighted by Gasteiger charge is -2.20. The molecular weight excluding hydrogens is 409 g/mol. The van der Waals surface area contributed by atoms with E-state index in [9.17, 15) is 23.1 Å². The number of benzene rings is 1. The second-order valence-electron chi connectivity index (χ2n) is 7.88. The zero-order chi connectivity index (χ0) is 22.6. The van der Waals surface area contributed by atoms with E-state index in [0.29, 0.717) is 29.4 Å². The summed E-state index contributed by atoms with van der Waals surface area (Å²) in [4.78, 5) is 16.1. The Morgan fingerprint density at radius 3 is 2.48 bits per heavy atom. The molecule has 0 radical (unpaired) electrons. The van der Waals surface area contributed by atoms with E-state index < -0.39 is 24.4 Å². The molecule has 6 nitrogen and oxygen atoms in total. The summed E-state index contributed by atoms with van der Waals surface area (Å²) in [5.41, 5.74) is 0.275. The highest BCUT2D eigenvalue weighted by molar-refractivity contribution is 5.99. The van der Waals surface area contributed by atoms with Crippen molar-refractivity contribution in [2.75, 3.05) is 12.4 Å². The third-order valence-electron chi connectivity index (χ3n) is 5.87. The fourth-order valence-electron chi connectivity index (χ4n) is 4.05. The number of aliphatic hydroxyl groups excluding tert-OH is 1. The third kappa shape index (κ3) is 5.15. The van der Waals surface area contributed by atoms with Crippen molar-refractivity contribution < 1.29 is 23.1 Å². The number of amidine groups is 1. The smallest absolute Gasteiger partial charge is 0.390 e. The third-order valence-corrected chi connectivity index (χ3v) is 5.87. The molecule has 31 heavy (non-hydrogen) atoms. The van der Waals surface area contributed by atoms with Gasteiger partial charge in [0.2, 0.25) is 0 Å². The van der Waals surface area contributed by atoms with Crippen LogP contribution in [0.4, 0.5) is 19.0 Å². The molecule has 1 unspecified atom stereocenters. The molecule has 0 amide bonds. The van der Waals surface area contributed by atoms with E-state index in [4.69, 9.17) is 0 Å². The molecule has 2 aromatic rings. The standard InChI is InChI=1S/C22H27F3N4O2/c1-14(16-7-9-17(10-8-16)22(23,24)25)29-21(18(12-30)19(13-31)28-29)27-20(26-2)11-15-5-3-4-6-15/h7-10,12,14-15,31H,3-6,11,13H2,1-2H3,(H,26,27). The summed E-state index contributed by atoms with van der Waals surface area (Å²) in [6.45, 7) is 1.34. The normalized spacial score (nSPS) is 16.5. The van der Waals surface area contributed by atoms with Gasteiger partial charge in [-0.1, -0.05) is 37.8 Å². The van der Waals surface area contributed by atoms with Gasteiger partial charge < -0.3 is 10.4 Å². The maximum atomic E-state index is 12.9. The molecule has 9 heteroatoms. The van der Waals surface area contributed by atoms with Crippen molar-refractivity contribution in [1.82, 2.24) is 9.78 Å². The Morgan fingerprint density at radius 1 is 1.32 bits per heavy atom. The second-order valence-corrected chi connectivity index (χ2v) is 7.88. The maximum Gasteiger partial charge on any atom is 0.416 e. The Balaban J connectivity index is 1.93. The Labute approximate surface area is 179 Å². The highest BCUT2D eigenvalue weighted by atomic mass is 19.4. The number of aliphatic imine (C=N–C) groups is 1. The van der Waals surface area contributed by atoms with E-state index in [1.807, 2.05) is 0 Å². The molecule has 1 aromatic carbocycles. The van der Waals surface area contributed by atoms with Crippen molar-refractivity contribution >= 4 is 17.9 Å². The number of nitrogens with one attached hydrogen (secondary N) is 1. The van der Waals surface area contributed by atoms with E-state index >= 15 is 0 Å². The Morgan fingerprint density at radius 2 is 1.97 bits per heavy atom. The minimum Gasteiger partial charge on any atom is -0.390 e. The van der Waals surface area contributed by atoms with Gasteiger partial charge in [0.05, 0.1) is 23.8 Å². The summed E-state index contributed by atoms with van der Waals surface area (Å²) < 4.78 is 40.2. The first kappa shape index (κ1) is 23.0. The molecule has 0 spiro atoms. The van der Waals surface area contributed by atoms with E-state index in [1.165, 1.54) is 29.7 Å². The predicted molar refractivity (Wildman–Crippen MR) is 112 cm³/mol. The van der Waals surface area contributed by atoms with Crippen LogP contribution in [-0.4, -0.2) is 34.1 Å². The first-order valence-corrected chi connectivity index (χ1v) is 10.4. The predicted octanol–water partition coefficient (Wildman–Crippen LogP) is 4.84. The summed E-state index contributed by atoms with van der Waals surface area (Å²) in [6, 6.07) is 4.36. The van der Waals surface area contributed by atoms with Gasteiger partial charge in [-0.2, -0.15) is 18.3 Å². The van der Waals surface area contributed by atoms with E-state index in [1.54, 1.807) is 14.0 Å². The quantitative estimate of drug-likeness (QED) is 0.370. The van der Waals surface area contributed by atoms with Gasteiger partial charge in [0.1, 0.15) is 17.3 Å². The summed E-state index contributed by atoms with van der Waals surface area (Å²) in [7, 11) is 1.67. The topological polar surface area (TPSA) is 79.5 Å². The molecule has 1 aromatic heterocycles. The summed E-state index contributed by atoms with van der Waals surface area (Å²) in [5, 5.41) is 17.2. The zero-order valence-corrected chi connectivity index (χ0v) is 17.6. The van der Waals surface area contributed by atoms with Crippen molar-refractivity contribution in [3.05, 3.63) is 46.6 Å². The number of halogens is 3. The lowest BCUT2D eigenvalue weighted by atomic mass is 10.0. The number of hydrogen-bond acceptors (Lipinski definition) is 4. The van der Waals surface area contributed by atoms with Crippen LogP contribution in [0.15, 0.2) is 29.3 Å². The number of nitrogens with zero attached hydrogens (tertiary/aromatic N) is 3. The molecule has 1 fully saturated rings. The molecule has 168 valence electrons. The fourth-order valence-corrected chi connectivity index (χ4v) is 4.05. The van der Waals surface area contributed by atoms with Crippen LogP contribution in [0.5, 0.6) is 0 Å². The van der Waals surface area contributed by atoms with Crippen LogP contribution < -0.4 is 5.32 Å². The molecular formula is C22H27F3N4O2. The highest BCUT2D eigenvalue weighted by Gasteiger charge is 2.30. The van der Waals surface area contributed by atoms with Crippen LogP contribution in [0.1, 0.15) is 72.2 Å². The minimum absolute atomic E-state index is 0.201. The molecule has 3 rings (SSSR count). The lowest BCUT2D eigenvalue weighted by Crippen LogP contribution is -2.21. The van der Waals surface area contributed by atoms with Gasteiger partial charge in [-0.15, -0.1) is 0 Å². The molecule has 0 aliphatic heterocycles. The number of carbonyl (C=O) groups is 1. The number of aldehydes is 1. The average Bonchev–Trinajstić information content (AvgIpc) is 3.39. The van der Waals surface area contributed by atoms with Gasteiger partial charge in [-0.3, -0.25) is 9.79 Å². The Kier molecular flexibility index (Phi) is 7.15. The van der Waals surface area contributed by atoms with Gasteiger partial charge in [-0.05, 0) is 30.5 Å². The number of aromatic nitrogens is 2. The average molecular weight is 436 g/mol. The SMILES string of the molecule is CN=C(CC1CCCC1)Nc1c(C=O)c(CO)nn1C(C)c1ccc(C(F)(F)F)cc1. The second kappa shape index (κ2) is 9.64. The number of aliphatic hydroxyl groups is 1. The van der Waals surface area contributed by atoms with Crippen LogP contribution in [-0.2, 0) is 12.8 Å². The van der Waals surface area contributed by atoms with Crippen molar-refractivity contribution in [2.24, 2.45) is 10.9 Å². The molecule has 1 atom stereocenters. The maximum absolute atomic E-state index is 12.9. The molecule has 2 N–H and O–H groups in total. The van der Waals surface area contributed by atoms with Crippen LogP contribution in [0.2, 0.25) is 0 Å². The molecule has 1 aliphatic rings. The molecule has 1 aliphatic carbocycles. The molecule has 1 heterocycles. The van der Waals surface area contributed by atoms with Gasteiger partial charge >= 0.3 is 6.18 Å². The van der Waals surface area contributed by atoms with Crippen LogP contribution in [0.3, 0.4) is 0 Å². The first-order chi connectivity index (χ1) is 14.8. The number of rotatable bonds is 7. The number of anilines is 1. The molecule has 0 saturated heterocycles. The number of hydrogen-bond donors (Lipinski definition) is 2. The van der Waals surface area contributed by atoms with Crippen LogP contribution in [0, 0.1) is 5.92 Å². The Bertz CT molecular complexity index is 929. The van der Waals surface area contributed by atoms with E-state index in [2.05, 4.69) is 15.4 Å². The van der Waals surface area contributed by atoms with Gasteiger partial charge in [0.25, 0.3) is 0 Å². The number of carbonyl (C=O) groups excluding carboxylic acids is 1. The van der Waals surface area contributed by atoms with Gasteiger partial charge in [0.15, 0.2) is 6.29 Å². The summed E-state index contributed by atoms with van der Waals surface area (Å²) in [5.74, 6) is 1.61. The first-order valence-electron chi connectivity index (χ1n) is 10.4. The number of alkyl halides is 3. The molecule has 0 bridgehead atoms.